The van der Waals surface area contributed by atoms with E-state index in [1.54, 1.807) is 12.1 Å². The van der Waals surface area contributed by atoms with Gasteiger partial charge in [-0.3, -0.25) is 0 Å². The standard InChI is InChI=1S/C21H26ClNO2/c22-19-6-8-21(9-7-19)25-16-20(24)15-23-12-10-18(11-13-23)14-17-4-2-1-3-5-17/h1-9,18,20,24H,10-16H2/t20-/m1/s1. The van der Waals surface area contributed by atoms with Crippen LogP contribution in [0.25, 0.3) is 0 Å². The van der Waals surface area contributed by atoms with Crippen molar-refractivity contribution >= 4 is 11.6 Å². The van der Waals surface area contributed by atoms with Crippen molar-refractivity contribution in [1.29, 1.82) is 0 Å². The average Bonchev–Trinajstić information content (AvgIpc) is 2.64. The monoisotopic (exact) mass is 359 g/mol. The van der Waals surface area contributed by atoms with E-state index in [-0.39, 0.29) is 0 Å². The highest BCUT2D eigenvalue weighted by atomic mass is 35.5. The second-order valence-electron chi connectivity index (χ2n) is 6.85. The molecule has 25 heavy (non-hydrogen) atoms. The maximum Gasteiger partial charge on any atom is 0.119 e. The third-order valence-corrected chi connectivity index (χ3v) is 5.05. The molecule has 0 aliphatic carbocycles. The predicted octanol–water partition coefficient (Wildman–Crippen LogP) is 4.03. The van der Waals surface area contributed by atoms with E-state index in [4.69, 9.17) is 16.3 Å². The van der Waals surface area contributed by atoms with Gasteiger partial charge in [-0.2, -0.15) is 0 Å². The van der Waals surface area contributed by atoms with E-state index in [2.05, 4.69) is 35.2 Å². The Bertz CT molecular complexity index is 624. The summed E-state index contributed by atoms with van der Waals surface area (Å²) in [7, 11) is 0. The average molecular weight is 360 g/mol. The summed E-state index contributed by atoms with van der Waals surface area (Å²) in [4.78, 5) is 2.34. The largest absolute Gasteiger partial charge is 0.491 e. The maximum absolute atomic E-state index is 10.2. The second kappa shape index (κ2) is 9.23. The number of nitrogens with zero attached hydrogens (tertiary/aromatic N) is 1. The van der Waals surface area contributed by atoms with Gasteiger partial charge in [-0.1, -0.05) is 41.9 Å². The molecule has 3 nitrogen and oxygen atoms in total. The van der Waals surface area contributed by atoms with Crippen LogP contribution in [0.5, 0.6) is 5.75 Å². The van der Waals surface area contributed by atoms with Crippen molar-refractivity contribution in [3.8, 4) is 5.75 Å². The number of hydrogen-bond acceptors (Lipinski definition) is 3. The Morgan fingerprint density at radius 3 is 2.40 bits per heavy atom. The molecule has 1 heterocycles. The van der Waals surface area contributed by atoms with E-state index in [9.17, 15) is 5.11 Å². The first kappa shape index (κ1) is 18.2. The summed E-state index contributed by atoms with van der Waals surface area (Å²) < 4.78 is 5.63. The Kier molecular flexibility index (Phi) is 6.74. The van der Waals surface area contributed by atoms with Gasteiger partial charge in [0.25, 0.3) is 0 Å². The minimum absolute atomic E-state index is 0.311. The Hall–Kier alpha value is -1.55. The zero-order chi connectivity index (χ0) is 17.5. The highest BCUT2D eigenvalue weighted by molar-refractivity contribution is 6.30. The smallest absolute Gasteiger partial charge is 0.119 e. The van der Waals surface area contributed by atoms with Crippen molar-refractivity contribution in [2.45, 2.75) is 25.4 Å². The predicted molar refractivity (Wildman–Crippen MR) is 102 cm³/mol. The molecule has 1 fully saturated rings. The van der Waals surface area contributed by atoms with Crippen LogP contribution < -0.4 is 4.74 Å². The molecule has 3 rings (SSSR count). The van der Waals surface area contributed by atoms with Crippen LogP contribution in [0.1, 0.15) is 18.4 Å². The van der Waals surface area contributed by atoms with E-state index in [0.717, 1.165) is 31.2 Å². The zero-order valence-corrected chi connectivity index (χ0v) is 15.2. The summed E-state index contributed by atoms with van der Waals surface area (Å²) >= 11 is 5.85. The van der Waals surface area contributed by atoms with Gasteiger partial charge in [0.2, 0.25) is 0 Å². The first-order valence-electron chi connectivity index (χ1n) is 9.02. The third kappa shape index (κ3) is 6.03. The molecule has 134 valence electrons. The molecule has 0 amide bonds. The molecule has 0 aromatic heterocycles. The highest BCUT2D eigenvalue weighted by Gasteiger charge is 2.21. The van der Waals surface area contributed by atoms with Gasteiger partial charge in [0, 0.05) is 11.6 Å². The number of aliphatic hydroxyl groups excluding tert-OH is 1. The lowest BCUT2D eigenvalue weighted by atomic mass is 9.90. The van der Waals surface area contributed by atoms with Crippen LogP contribution in [0.3, 0.4) is 0 Å². The minimum atomic E-state index is -0.471. The fourth-order valence-corrected chi connectivity index (χ4v) is 3.52. The highest BCUT2D eigenvalue weighted by Crippen LogP contribution is 2.22. The number of hydrogen-bond donors (Lipinski definition) is 1. The maximum atomic E-state index is 10.2. The van der Waals surface area contributed by atoms with Crippen molar-refractivity contribution in [3.63, 3.8) is 0 Å². The molecule has 1 aliphatic rings. The number of β-amino-alcohol motifs (C(OH)–C–C–N with tert-alkyl or cyclic N) is 1. The summed E-state index contributed by atoms with van der Waals surface area (Å²) in [6, 6.07) is 18.0. The molecule has 0 radical (unpaired) electrons. The van der Waals surface area contributed by atoms with Crippen molar-refractivity contribution < 1.29 is 9.84 Å². The van der Waals surface area contributed by atoms with Gasteiger partial charge in [0.05, 0.1) is 0 Å². The van der Waals surface area contributed by atoms with E-state index in [1.807, 2.05) is 12.1 Å². The lowest BCUT2D eigenvalue weighted by Gasteiger charge is -2.33. The van der Waals surface area contributed by atoms with Gasteiger partial charge in [-0.15, -0.1) is 0 Å². The Labute approximate surface area is 155 Å². The summed E-state index contributed by atoms with van der Waals surface area (Å²) in [6.07, 6.45) is 3.08. The molecule has 0 bridgehead atoms. The molecule has 1 saturated heterocycles. The van der Waals surface area contributed by atoms with Gasteiger partial charge < -0.3 is 14.7 Å². The molecule has 0 unspecified atom stereocenters. The molecular weight excluding hydrogens is 334 g/mol. The number of aliphatic hydroxyl groups is 1. The lowest BCUT2D eigenvalue weighted by Crippen LogP contribution is -2.41. The van der Waals surface area contributed by atoms with Crippen LogP contribution in [0.15, 0.2) is 54.6 Å². The van der Waals surface area contributed by atoms with Gasteiger partial charge in [0.1, 0.15) is 18.5 Å². The second-order valence-corrected chi connectivity index (χ2v) is 7.29. The molecule has 2 aromatic carbocycles. The van der Waals surface area contributed by atoms with Crippen LogP contribution in [-0.4, -0.2) is 42.4 Å². The van der Waals surface area contributed by atoms with E-state index in [0.29, 0.717) is 18.2 Å². The summed E-state index contributed by atoms with van der Waals surface area (Å²) in [6.45, 7) is 3.09. The number of piperidine rings is 1. The molecule has 1 aliphatic heterocycles. The number of likely N-dealkylation sites (tertiary alicyclic amines) is 1. The lowest BCUT2D eigenvalue weighted by molar-refractivity contribution is 0.0550. The fourth-order valence-electron chi connectivity index (χ4n) is 3.39. The van der Waals surface area contributed by atoms with Crippen molar-refractivity contribution in [1.82, 2.24) is 4.90 Å². The molecule has 0 spiro atoms. The third-order valence-electron chi connectivity index (χ3n) is 4.80. The van der Waals surface area contributed by atoms with Crippen LogP contribution in [-0.2, 0) is 6.42 Å². The summed E-state index contributed by atoms with van der Waals surface area (Å²) in [5.74, 6) is 1.49. The molecule has 1 N–H and O–H groups in total. The topological polar surface area (TPSA) is 32.7 Å². The van der Waals surface area contributed by atoms with E-state index >= 15 is 0 Å². The first-order valence-corrected chi connectivity index (χ1v) is 9.39. The normalized spacial score (nSPS) is 17.4. The fraction of sp³-hybridized carbons (Fsp3) is 0.429. The molecular formula is C21H26ClNO2. The van der Waals surface area contributed by atoms with Gasteiger partial charge >= 0.3 is 0 Å². The van der Waals surface area contributed by atoms with E-state index < -0.39 is 6.10 Å². The van der Waals surface area contributed by atoms with Gasteiger partial charge in [0.15, 0.2) is 0 Å². The molecule has 1 atom stereocenters. The number of rotatable bonds is 7. The quantitative estimate of drug-likeness (QED) is 0.810. The Balaban J connectivity index is 1.36. The molecule has 0 saturated carbocycles. The number of benzene rings is 2. The zero-order valence-electron chi connectivity index (χ0n) is 14.5. The minimum Gasteiger partial charge on any atom is -0.491 e. The first-order chi connectivity index (χ1) is 12.2. The van der Waals surface area contributed by atoms with Crippen LogP contribution in [0, 0.1) is 5.92 Å². The van der Waals surface area contributed by atoms with Crippen molar-refractivity contribution in [2.75, 3.05) is 26.2 Å². The Morgan fingerprint density at radius 2 is 1.72 bits per heavy atom. The van der Waals surface area contributed by atoms with Crippen LogP contribution in [0.4, 0.5) is 0 Å². The van der Waals surface area contributed by atoms with Crippen LogP contribution in [0.2, 0.25) is 5.02 Å². The van der Waals surface area contributed by atoms with Crippen molar-refractivity contribution in [3.05, 3.63) is 65.2 Å². The summed E-state index contributed by atoms with van der Waals surface area (Å²) in [5, 5.41) is 10.9. The summed E-state index contributed by atoms with van der Waals surface area (Å²) in [5.41, 5.74) is 1.43. The van der Waals surface area contributed by atoms with E-state index in [1.165, 1.54) is 18.4 Å². The van der Waals surface area contributed by atoms with Gasteiger partial charge in [-0.05, 0) is 68.1 Å². The van der Waals surface area contributed by atoms with Gasteiger partial charge in [-0.25, -0.2) is 0 Å². The number of halogens is 1. The molecule has 4 heteroatoms. The SMILES string of the molecule is O[C@@H](COc1ccc(Cl)cc1)CN1CCC(Cc2ccccc2)CC1. The molecule has 2 aromatic rings. The van der Waals surface area contributed by atoms with Crippen LogP contribution >= 0.6 is 11.6 Å². The number of ether oxygens (including phenoxy) is 1. The Morgan fingerprint density at radius 1 is 1.04 bits per heavy atom. The van der Waals surface area contributed by atoms with Crippen molar-refractivity contribution in [2.24, 2.45) is 5.92 Å².